The van der Waals surface area contributed by atoms with Gasteiger partial charge < -0.3 is 18.8 Å². The molecule has 4 rings (SSSR count). The fraction of sp³-hybridized carbons (Fsp3) is 0.435. The van der Waals surface area contributed by atoms with Crippen molar-refractivity contribution < 1.29 is 27.1 Å². The molecule has 182 valence electrons. The highest BCUT2D eigenvalue weighted by molar-refractivity contribution is 7.90. The van der Waals surface area contributed by atoms with Crippen molar-refractivity contribution in [3.05, 3.63) is 42.4 Å². The standard InChI is InChI=1S/C23H28N4O6S/c1-16-7-4-11-21(28)26(16)12-14-34(29,30)15-20-24-25-23(19-10-6-13-33-19)27(20)22-17(31-2)8-5-9-18(22)32-3/h5-6,8-10,13,16H,4,7,11-12,14-15H2,1-3H3/t16-/m1/s1. The van der Waals surface area contributed by atoms with Gasteiger partial charge in [0, 0.05) is 19.0 Å². The number of sulfone groups is 1. The minimum absolute atomic E-state index is 0.00372. The number of para-hydroxylation sites is 1. The highest BCUT2D eigenvalue weighted by Crippen LogP contribution is 2.36. The largest absolute Gasteiger partial charge is 0.494 e. The van der Waals surface area contributed by atoms with E-state index in [1.807, 2.05) is 6.92 Å². The zero-order chi connectivity index (χ0) is 24.3. The maximum absolute atomic E-state index is 13.1. The number of nitrogens with zero attached hydrogens (tertiary/aromatic N) is 4. The van der Waals surface area contributed by atoms with Crippen molar-refractivity contribution in [2.45, 2.75) is 38.0 Å². The fourth-order valence-electron chi connectivity index (χ4n) is 4.21. The SMILES string of the molecule is COc1cccc(OC)c1-n1c(CS(=O)(=O)CCN2C(=O)CCC[C@H]2C)nnc1-c1ccco1. The summed E-state index contributed by atoms with van der Waals surface area (Å²) in [4.78, 5) is 13.9. The Hall–Kier alpha value is -3.34. The summed E-state index contributed by atoms with van der Waals surface area (Å²) in [5.74, 6) is 1.28. The van der Waals surface area contributed by atoms with Crippen LogP contribution in [0.2, 0.25) is 0 Å². The first kappa shape index (κ1) is 23.8. The van der Waals surface area contributed by atoms with E-state index in [0.717, 1.165) is 12.8 Å². The number of carbonyl (C=O) groups is 1. The van der Waals surface area contributed by atoms with Crippen molar-refractivity contribution >= 4 is 15.7 Å². The molecular weight excluding hydrogens is 460 g/mol. The molecule has 0 N–H and O–H groups in total. The maximum Gasteiger partial charge on any atom is 0.222 e. The molecule has 0 bridgehead atoms. The third-order valence-electron chi connectivity index (χ3n) is 5.95. The molecule has 1 fully saturated rings. The number of piperidine rings is 1. The molecule has 1 aromatic carbocycles. The molecule has 1 aliphatic rings. The lowest BCUT2D eigenvalue weighted by molar-refractivity contribution is -0.135. The highest BCUT2D eigenvalue weighted by atomic mass is 32.2. The number of hydrogen-bond donors (Lipinski definition) is 0. The van der Waals surface area contributed by atoms with Crippen LogP contribution in [-0.4, -0.2) is 66.5 Å². The lowest BCUT2D eigenvalue weighted by atomic mass is 10.0. The molecule has 34 heavy (non-hydrogen) atoms. The Balaban J connectivity index is 1.70. The average molecular weight is 489 g/mol. The molecule has 1 saturated heterocycles. The number of benzene rings is 1. The summed E-state index contributed by atoms with van der Waals surface area (Å²) in [6.07, 6.45) is 3.67. The summed E-state index contributed by atoms with van der Waals surface area (Å²) in [6, 6.07) is 8.70. The molecule has 3 heterocycles. The van der Waals surface area contributed by atoms with Gasteiger partial charge in [-0.3, -0.25) is 9.36 Å². The predicted molar refractivity (Wildman–Crippen MR) is 125 cm³/mol. The van der Waals surface area contributed by atoms with E-state index in [2.05, 4.69) is 10.2 Å². The van der Waals surface area contributed by atoms with Gasteiger partial charge in [-0.2, -0.15) is 0 Å². The minimum Gasteiger partial charge on any atom is -0.494 e. The first-order chi connectivity index (χ1) is 16.3. The van der Waals surface area contributed by atoms with Gasteiger partial charge in [0.15, 0.2) is 21.4 Å². The second-order valence-electron chi connectivity index (χ2n) is 8.18. The smallest absolute Gasteiger partial charge is 0.222 e. The Morgan fingerprint density at radius 3 is 2.47 bits per heavy atom. The number of methoxy groups -OCH3 is 2. The number of aromatic nitrogens is 3. The van der Waals surface area contributed by atoms with Crippen LogP contribution in [0.15, 0.2) is 41.0 Å². The minimum atomic E-state index is -3.64. The molecule has 0 aliphatic carbocycles. The zero-order valence-electron chi connectivity index (χ0n) is 19.4. The van der Waals surface area contributed by atoms with Crippen LogP contribution in [0.3, 0.4) is 0 Å². The Labute approximate surface area is 198 Å². The lowest BCUT2D eigenvalue weighted by Gasteiger charge is -2.33. The molecular formula is C23H28N4O6S. The van der Waals surface area contributed by atoms with Crippen LogP contribution in [0.4, 0.5) is 0 Å². The van der Waals surface area contributed by atoms with E-state index in [1.165, 1.54) is 20.5 Å². The summed E-state index contributed by atoms with van der Waals surface area (Å²) < 4.78 is 44.5. The van der Waals surface area contributed by atoms with Crippen LogP contribution in [0.5, 0.6) is 11.5 Å². The van der Waals surface area contributed by atoms with Crippen molar-refractivity contribution in [3.8, 4) is 28.8 Å². The van der Waals surface area contributed by atoms with Gasteiger partial charge in [-0.25, -0.2) is 8.42 Å². The second-order valence-corrected chi connectivity index (χ2v) is 10.4. The number of likely N-dealkylation sites (tertiary alicyclic amines) is 1. The third-order valence-corrected chi connectivity index (χ3v) is 7.46. The van der Waals surface area contributed by atoms with Gasteiger partial charge in [-0.05, 0) is 44.0 Å². The Morgan fingerprint density at radius 1 is 1.12 bits per heavy atom. The monoisotopic (exact) mass is 488 g/mol. The van der Waals surface area contributed by atoms with Gasteiger partial charge in [0.05, 0.1) is 26.2 Å². The normalized spacial score (nSPS) is 16.6. The van der Waals surface area contributed by atoms with Crippen LogP contribution >= 0.6 is 0 Å². The number of rotatable bonds is 9. The molecule has 0 spiro atoms. The van der Waals surface area contributed by atoms with E-state index in [4.69, 9.17) is 13.9 Å². The quantitative estimate of drug-likeness (QED) is 0.451. The van der Waals surface area contributed by atoms with Crippen LogP contribution < -0.4 is 9.47 Å². The Morgan fingerprint density at radius 2 is 1.85 bits per heavy atom. The van der Waals surface area contributed by atoms with Gasteiger partial charge >= 0.3 is 0 Å². The first-order valence-electron chi connectivity index (χ1n) is 11.0. The van der Waals surface area contributed by atoms with Crippen molar-refractivity contribution in [1.82, 2.24) is 19.7 Å². The van der Waals surface area contributed by atoms with Gasteiger partial charge in [0.25, 0.3) is 0 Å². The van der Waals surface area contributed by atoms with Gasteiger partial charge in [0.1, 0.15) is 22.9 Å². The topological polar surface area (TPSA) is 117 Å². The van der Waals surface area contributed by atoms with Crippen molar-refractivity contribution in [2.24, 2.45) is 0 Å². The summed E-state index contributed by atoms with van der Waals surface area (Å²) in [5, 5.41) is 8.41. The van der Waals surface area contributed by atoms with Gasteiger partial charge in [0.2, 0.25) is 11.7 Å². The molecule has 0 radical (unpaired) electrons. The molecule has 1 aliphatic heterocycles. The number of carbonyl (C=O) groups excluding carboxylic acids is 1. The van der Waals surface area contributed by atoms with E-state index in [0.29, 0.717) is 35.2 Å². The highest BCUT2D eigenvalue weighted by Gasteiger charge is 2.29. The molecule has 10 nitrogen and oxygen atoms in total. The van der Waals surface area contributed by atoms with E-state index < -0.39 is 9.84 Å². The number of hydrogen-bond acceptors (Lipinski definition) is 8. The first-order valence-corrected chi connectivity index (χ1v) is 12.9. The maximum atomic E-state index is 13.1. The number of furan rings is 1. The summed E-state index contributed by atoms with van der Waals surface area (Å²) in [5.41, 5.74) is 0.467. The van der Waals surface area contributed by atoms with Crippen LogP contribution in [0.1, 0.15) is 32.0 Å². The van der Waals surface area contributed by atoms with Crippen molar-refractivity contribution in [3.63, 3.8) is 0 Å². The molecule has 0 saturated carbocycles. The van der Waals surface area contributed by atoms with Crippen molar-refractivity contribution in [1.29, 1.82) is 0 Å². The summed E-state index contributed by atoms with van der Waals surface area (Å²) in [6.45, 7) is 2.10. The molecule has 1 amide bonds. The Bertz CT molecular complexity index is 1230. The predicted octanol–water partition coefficient (Wildman–Crippen LogP) is 2.86. The fourth-order valence-corrected chi connectivity index (χ4v) is 5.41. The third kappa shape index (κ3) is 4.79. The second kappa shape index (κ2) is 9.88. The molecule has 1 atom stereocenters. The molecule has 2 aromatic heterocycles. The lowest BCUT2D eigenvalue weighted by Crippen LogP contribution is -2.44. The van der Waals surface area contributed by atoms with E-state index in [1.54, 1.807) is 39.8 Å². The van der Waals surface area contributed by atoms with Crippen LogP contribution in [-0.2, 0) is 20.4 Å². The average Bonchev–Trinajstić information content (AvgIpc) is 3.47. The number of amides is 1. The van der Waals surface area contributed by atoms with Gasteiger partial charge in [-0.15, -0.1) is 10.2 Å². The number of ether oxygens (including phenoxy) is 2. The van der Waals surface area contributed by atoms with Crippen LogP contribution in [0.25, 0.3) is 17.3 Å². The molecule has 11 heteroatoms. The van der Waals surface area contributed by atoms with Gasteiger partial charge in [-0.1, -0.05) is 6.07 Å². The molecule has 3 aromatic rings. The van der Waals surface area contributed by atoms with Crippen LogP contribution in [0, 0.1) is 0 Å². The van der Waals surface area contributed by atoms with Crippen molar-refractivity contribution in [2.75, 3.05) is 26.5 Å². The zero-order valence-corrected chi connectivity index (χ0v) is 20.2. The molecule has 0 unspecified atom stereocenters. The van der Waals surface area contributed by atoms with E-state index >= 15 is 0 Å². The van der Waals surface area contributed by atoms with E-state index in [-0.39, 0.29) is 35.8 Å². The van der Waals surface area contributed by atoms with E-state index in [9.17, 15) is 13.2 Å². The summed E-state index contributed by atoms with van der Waals surface area (Å²) in [7, 11) is -0.603. The Kier molecular flexibility index (Phi) is 6.92. The summed E-state index contributed by atoms with van der Waals surface area (Å²) >= 11 is 0.